The molecule has 6 nitrogen and oxygen atoms in total. The third kappa shape index (κ3) is 5.46. The molecule has 0 bridgehead atoms. The van der Waals surface area contributed by atoms with Gasteiger partial charge in [0, 0.05) is 18.4 Å². The van der Waals surface area contributed by atoms with E-state index in [0.29, 0.717) is 23.5 Å². The van der Waals surface area contributed by atoms with E-state index in [-0.39, 0.29) is 18.6 Å². The molecular formula is C19H20N2O4. The quantitative estimate of drug-likeness (QED) is 0.599. The van der Waals surface area contributed by atoms with Gasteiger partial charge in [0.05, 0.1) is 12.2 Å². The van der Waals surface area contributed by atoms with Gasteiger partial charge < -0.3 is 4.74 Å². The molecule has 0 radical (unpaired) electrons. The van der Waals surface area contributed by atoms with Crippen molar-refractivity contribution in [3.63, 3.8) is 0 Å². The highest BCUT2D eigenvalue weighted by atomic mass is 16.5. The van der Waals surface area contributed by atoms with E-state index in [9.17, 15) is 14.4 Å². The summed E-state index contributed by atoms with van der Waals surface area (Å²) in [6, 6.07) is 15.5. The maximum Gasteiger partial charge on any atom is 0.273 e. The molecule has 130 valence electrons. The first-order valence-corrected chi connectivity index (χ1v) is 8.01. The predicted octanol–water partition coefficient (Wildman–Crippen LogP) is 2.51. The molecule has 2 aromatic rings. The summed E-state index contributed by atoms with van der Waals surface area (Å²) in [4.78, 5) is 35.9. The van der Waals surface area contributed by atoms with E-state index in [2.05, 4.69) is 10.9 Å². The molecule has 0 unspecified atom stereocenters. The molecule has 2 N–H and O–H groups in total. The smallest absolute Gasteiger partial charge is 0.273 e. The maximum atomic E-state index is 12.1. The number of amides is 2. The first-order chi connectivity index (χ1) is 12.1. The summed E-state index contributed by atoms with van der Waals surface area (Å²) in [5.74, 6) is -0.599. The third-order valence-electron chi connectivity index (χ3n) is 3.42. The van der Waals surface area contributed by atoms with Gasteiger partial charge >= 0.3 is 0 Å². The Morgan fingerprint density at radius 2 is 1.56 bits per heavy atom. The summed E-state index contributed by atoms with van der Waals surface area (Å²) in [7, 11) is 0. The fourth-order valence-corrected chi connectivity index (χ4v) is 2.19. The van der Waals surface area contributed by atoms with Crippen molar-refractivity contribution in [2.45, 2.75) is 19.8 Å². The van der Waals surface area contributed by atoms with Crippen LogP contribution in [-0.4, -0.2) is 24.2 Å². The van der Waals surface area contributed by atoms with Crippen LogP contribution in [0, 0.1) is 0 Å². The molecule has 2 aromatic carbocycles. The van der Waals surface area contributed by atoms with Crippen LogP contribution >= 0.6 is 0 Å². The molecule has 0 aliphatic heterocycles. The number of rotatable bonds is 7. The van der Waals surface area contributed by atoms with Gasteiger partial charge in [-0.05, 0) is 19.1 Å². The average molecular weight is 340 g/mol. The van der Waals surface area contributed by atoms with Crippen molar-refractivity contribution in [1.82, 2.24) is 10.9 Å². The number of hydrazine groups is 1. The third-order valence-corrected chi connectivity index (χ3v) is 3.42. The van der Waals surface area contributed by atoms with Gasteiger partial charge in [0.25, 0.3) is 5.91 Å². The van der Waals surface area contributed by atoms with E-state index in [1.807, 2.05) is 13.0 Å². The van der Waals surface area contributed by atoms with E-state index >= 15 is 0 Å². The molecule has 0 aromatic heterocycles. The van der Waals surface area contributed by atoms with E-state index < -0.39 is 11.8 Å². The van der Waals surface area contributed by atoms with Gasteiger partial charge in [-0.25, -0.2) is 0 Å². The normalized spacial score (nSPS) is 9.96. The Kier molecular flexibility index (Phi) is 6.71. The minimum Gasteiger partial charge on any atom is -0.493 e. The highest BCUT2D eigenvalue weighted by Crippen LogP contribution is 2.17. The molecule has 2 amide bonds. The van der Waals surface area contributed by atoms with Crippen LogP contribution in [-0.2, 0) is 4.79 Å². The zero-order valence-electron chi connectivity index (χ0n) is 14.0. The minimum atomic E-state index is -0.480. The minimum absolute atomic E-state index is 0.0128. The lowest BCUT2D eigenvalue weighted by molar-refractivity contribution is -0.121. The summed E-state index contributed by atoms with van der Waals surface area (Å²) in [6.45, 7) is 2.25. The monoisotopic (exact) mass is 340 g/mol. The van der Waals surface area contributed by atoms with Crippen LogP contribution in [0.3, 0.4) is 0 Å². The van der Waals surface area contributed by atoms with E-state index in [4.69, 9.17) is 4.74 Å². The molecule has 0 spiro atoms. The average Bonchev–Trinajstić information content (AvgIpc) is 2.65. The second-order valence-corrected chi connectivity index (χ2v) is 5.22. The second kappa shape index (κ2) is 9.22. The zero-order chi connectivity index (χ0) is 18.1. The molecule has 6 heteroatoms. The van der Waals surface area contributed by atoms with Crippen molar-refractivity contribution < 1.29 is 19.1 Å². The molecule has 0 atom stereocenters. The van der Waals surface area contributed by atoms with Gasteiger partial charge in [0.1, 0.15) is 5.75 Å². The Morgan fingerprint density at radius 1 is 0.880 bits per heavy atom. The molecule has 0 fully saturated rings. The van der Waals surface area contributed by atoms with Crippen molar-refractivity contribution in [3.05, 3.63) is 65.7 Å². The Morgan fingerprint density at radius 3 is 2.28 bits per heavy atom. The van der Waals surface area contributed by atoms with Crippen LogP contribution in [0.1, 0.15) is 40.5 Å². The van der Waals surface area contributed by atoms with Crippen molar-refractivity contribution in [1.29, 1.82) is 0 Å². The number of carbonyl (C=O) groups is 3. The number of para-hydroxylation sites is 1. The number of carbonyl (C=O) groups excluding carboxylic acids is 3. The van der Waals surface area contributed by atoms with Crippen LogP contribution in [0.15, 0.2) is 54.6 Å². The molecular weight excluding hydrogens is 320 g/mol. The number of benzene rings is 2. The van der Waals surface area contributed by atoms with Crippen LogP contribution in [0.4, 0.5) is 0 Å². The van der Waals surface area contributed by atoms with Gasteiger partial charge in [-0.15, -0.1) is 0 Å². The number of ketones is 1. The van der Waals surface area contributed by atoms with Crippen molar-refractivity contribution in [3.8, 4) is 5.75 Å². The van der Waals surface area contributed by atoms with Crippen molar-refractivity contribution >= 4 is 17.6 Å². The van der Waals surface area contributed by atoms with E-state index in [0.717, 1.165) is 0 Å². The summed E-state index contributed by atoms with van der Waals surface area (Å²) < 4.78 is 5.37. The lowest BCUT2D eigenvalue weighted by Gasteiger charge is -2.11. The predicted molar refractivity (Wildman–Crippen MR) is 93.2 cm³/mol. The molecule has 0 aliphatic carbocycles. The summed E-state index contributed by atoms with van der Waals surface area (Å²) in [5.41, 5.74) is 5.53. The van der Waals surface area contributed by atoms with Crippen LogP contribution in [0.2, 0.25) is 0 Å². The highest BCUT2D eigenvalue weighted by Gasteiger charge is 2.13. The Labute approximate surface area is 146 Å². The largest absolute Gasteiger partial charge is 0.493 e. The van der Waals surface area contributed by atoms with Gasteiger partial charge in [-0.2, -0.15) is 0 Å². The first-order valence-electron chi connectivity index (χ1n) is 8.01. The molecule has 0 heterocycles. The van der Waals surface area contributed by atoms with Gasteiger partial charge in [-0.1, -0.05) is 42.5 Å². The fraction of sp³-hybridized carbons (Fsp3) is 0.211. The highest BCUT2D eigenvalue weighted by molar-refractivity contribution is 5.99. The Hall–Kier alpha value is -3.15. The lowest BCUT2D eigenvalue weighted by atomic mass is 10.1. The second-order valence-electron chi connectivity index (χ2n) is 5.22. The van der Waals surface area contributed by atoms with Gasteiger partial charge in [-0.3, -0.25) is 25.2 Å². The summed E-state index contributed by atoms with van der Waals surface area (Å²) in [5, 5.41) is 0. The Balaban J connectivity index is 1.82. The fourth-order valence-electron chi connectivity index (χ4n) is 2.19. The van der Waals surface area contributed by atoms with Crippen molar-refractivity contribution in [2.75, 3.05) is 6.61 Å². The van der Waals surface area contributed by atoms with Gasteiger partial charge in [0.15, 0.2) is 5.78 Å². The van der Waals surface area contributed by atoms with Gasteiger partial charge in [0.2, 0.25) is 5.91 Å². The molecule has 2 rings (SSSR count). The number of hydrogen-bond donors (Lipinski definition) is 2. The molecule has 0 aliphatic rings. The summed E-state index contributed by atoms with van der Waals surface area (Å²) in [6.07, 6.45) is 0.0579. The zero-order valence-corrected chi connectivity index (χ0v) is 14.0. The Bertz CT molecular complexity index is 744. The van der Waals surface area contributed by atoms with E-state index in [1.165, 1.54) is 0 Å². The SMILES string of the molecule is CCOc1ccccc1C(=O)NNC(=O)CCC(=O)c1ccccc1. The van der Waals surface area contributed by atoms with Crippen LogP contribution in [0.25, 0.3) is 0 Å². The van der Waals surface area contributed by atoms with Crippen LogP contribution < -0.4 is 15.6 Å². The maximum absolute atomic E-state index is 12.1. The number of ether oxygens (including phenoxy) is 1. The number of Topliss-reactive ketones (excluding diaryl/α,β-unsaturated/α-hetero) is 1. The molecule has 0 saturated carbocycles. The van der Waals surface area contributed by atoms with E-state index in [1.54, 1.807) is 48.5 Å². The van der Waals surface area contributed by atoms with Crippen LogP contribution in [0.5, 0.6) is 5.75 Å². The van der Waals surface area contributed by atoms with Crippen molar-refractivity contribution in [2.24, 2.45) is 0 Å². The molecule has 0 saturated heterocycles. The molecule has 25 heavy (non-hydrogen) atoms. The number of nitrogens with one attached hydrogen (secondary N) is 2. The summed E-state index contributed by atoms with van der Waals surface area (Å²) >= 11 is 0. The lowest BCUT2D eigenvalue weighted by Crippen LogP contribution is -2.41. The standard InChI is InChI=1S/C19H20N2O4/c1-2-25-17-11-7-6-10-15(17)19(24)21-20-18(23)13-12-16(22)14-8-4-3-5-9-14/h3-11H,2,12-13H2,1H3,(H,20,23)(H,21,24). The number of hydrogen-bond acceptors (Lipinski definition) is 4. The first kappa shape index (κ1) is 18.2. The topological polar surface area (TPSA) is 84.5 Å².